The third-order valence-electron chi connectivity index (χ3n) is 3.07. The van der Waals surface area contributed by atoms with E-state index in [9.17, 15) is 0 Å². The highest BCUT2D eigenvalue weighted by molar-refractivity contribution is 6.20. The first-order valence-electron chi connectivity index (χ1n) is 6.12. The summed E-state index contributed by atoms with van der Waals surface area (Å²) in [4.78, 5) is 4.61. The molecule has 2 nitrogen and oxygen atoms in total. The zero-order valence-electron chi connectivity index (χ0n) is 10.9. The van der Waals surface area contributed by atoms with Gasteiger partial charge in [-0.25, -0.2) is 4.98 Å². The molecule has 2 aromatic rings. The molecule has 0 saturated heterocycles. The summed E-state index contributed by atoms with van der Waals surface area (Å²) in [5.41, 5.74) is 3.31. The summed E-state index contributed by atoms with van der Waals surface area (Å²) in [7, 11) is 0. The minimum atomic E-state index is -0.145. The molecule has 0 aliphatic carbocycles. The van der Waals surface area contributed by atoms with Crippen LogP contribution in [0.2, 0.25) is 0 Å². The molecule has 0 amide bonds. The Bertz CT molecular complexity index is 603. The van der Waals surface area contributed by atoms with Crippen molar-refractivity contribution >= 4 is 22.6 Å². The average Bonchev–Trinajstić information content (AvgIpc) is 2.68. The topological polar surface area (TPSA) is 17.8 Å². The van der Waals surface area contributed by atoms with Crippen molar-refractivity contribution in [1.29, 1.82) is 0 Å². The van der Waals surface area contributed by atoms with Gasteiger partial charge in [-0.3, -0.25) is 0 Å². The molecule has 18 heavy (non-hydrogen) atoms. The van der Waals surface area contributed by atoms with Gasteiger partial charge in [0, 0.05) is 0 Å². The smallest absolute Gasteiger partial charge is 0.128 e. The highest BCUT2D eigenvalue weighted by Gasteiger charge is 2.14. The quantitative estimate of drug-likeness (QED) is 0.600. The van der Waals surface area contributed by atoms with Crippen LogP contribution >= 0.6 is 11.6 Å². The molecule has 3 heteroatoms. The molecule has 1 heterocycles. The Morgan fingerprint density at radius 1 is 1.39 bits per heavy atom. The van der Waals surface area contributed by atoms with Gasteiger partial charge in [0.25, 0.3) is 0 Å². The molecule has 0 fully saturated rings. The first-order chi connectivity index (χ1) is 8.54. The van der Waals surface area contributed by atoms with Crippen LogP contribution in [-0.4, -0.2) is 9.55 Å². The monoisotopic (exact) mass is 260 g/mol. The summed E-state index contributed by atoms with van der Waals surface area (Å²) in [6.07, 6.45) is 5.42. The van der Waals surface area contributed by atoms with Gasteiger partial charge >= 0.3 is 0 Å². The third-order valence-corrected chi connectivity index (χ3v) is 3.27. The van der Waals surface area contributed by atoms with Crippen LogP contribution in [0.3, 0.4) is 0 Å². The Balaban J connectivity index is 2.65. The number of imidazole rings is 1. The predicted octanol–water partition coefficient (Wildman–Crippen LogP) is 4.09. The molecule has 1 aromatic carbocycles. The van der Waals surface area contributed by atoms with E-state index in [1.807, 2.05) is 11.5 Å². The van der Waals surface area contributed by atoms with E-state index in [1.165, 1.54) is 5.56 Å². The highest BCUT2D eigenvalue weighted by Crippen LogP contribution is 2.26. The molecule has 1 unspecified atom stereocenters. The molecule has 0 spiro atoms. The van der Waals surface area contributed by atoms with Crippen molar-refractivity contribution < 1.29 is 0 Å². The van der Waals surface area contributed by atoms with Crippen molar-refractivity contribution in [3.05, 3.63) is 29.6 Å². The lowest BCUT2D eigenvalue weighted by atomic mass is 10.0. The van der Waals surface area contributed by atoms with Gasteiger partial charge in [-0.15, -0.1) is 18.0 Å². The van der Waals surface area contributed by atoms with Gasteiger partial charge in [0.15, 0.2) is 0 Å². The van der Waals surface area contributed by atoms with Gasteiger partial charge in [-0.1, -0.05) is 25.8 Å². The first-order valence-corrected chi connectivity index (χ1v) is 6.55. The number of hydrogen-bond acceptors (Lipinski definition) is 1. The number of fused-ring (bicyclic) bond motifs is 1. The van der Waals surface area contributed by atoms with Crippen LogP contribution in [0.25, 0.3) is 11.0 Å². The normalized spacial score (nSPS) is 12.9. The lowest BCUT2D eigenvalue weighted by Crippen LogP contribution is -2.02. The molecule has 1 aromatic heterocycles. The van der Waals surface area contributed by atoms with Crippen molar-refractivity contribution in [3.63, 3.8) is 0 Å². The predicted molar refractivity (Wildman–Crippen MR) is 76.9 cm³/mol. The van der Waals surface area contributed by atoms with E-state index in [-0.39, 0.29) is 5.38 Å². The number of hydrogen-bond donors (Lipinski definition) is 0. The number of benzene rings is 1. The molecule has 0 bridgehead atoms. The number of rotatable bonds is 3. The molecule has 2 rings (SSSR count). The van der Waals surface area contributed by atoms with E-state index < -0.39 is 0 Å². The fourth-order valence-corrected chi connectivity index (χ4v) is 2.25. The third kappa shape index (κ3) is 2.23. The average molecular weight is 261 g/mol. The van der Waals surface area contributed by atoms with Gasteiger partial charge in [0.1, 0.15) is 5.82 Å². The van der Waals surface area contributed by atoms with Crippen molar-refractivity contribution in [2.75, 3.05) is 0 Å². The van der Waals surface area contributed by atoms with Crippen molar-refractivity contribution in [2.24, 2.45) is 0 Å². The van der Waals surface area contributed by atoms with E-state index in [0.29, 0.717) is 12.5 Å². The summed E-state index contributed by atoms with van der Waals surface area (Å²) in [5.74, 6) is 3.99. The molecule has 0 saturated carbocycles. The summed E-state index contributed by atoms with van der Waals surface area (Å²) >= 11 is 6.17. The van der Waals surface area contributed by atoms with Gasteiger partial charge in [-0.2, -0.15) is 0 Å². The maximum absolute atomic E-state index is 6.17. The van der Waals surface area contributed by atoms with Crippen LogP contribution < -0.4 is 0 Å². The number of aromatic nitrogens is 2. The largest absolute Gasteiger partial charge is 0.315 e. The summed E-state index contributed by atoms with van der Waals surface area (Å²) in [5, 5.41) is -0.145. The van der Waals surface area contributed by atoms with E-state index in [2.05, 4.69) is 43.0 Å². The minimum absolute atomic E-state index is 0.145. The fourth-order valence-electron chi connectivity index (χ4n) is 2.09. The summed E-state index contributed by atoms with van der Waals surface area (Å²) in [6, 6.07) is 6.33. The first kappa shape index (κ1) is 13.0. The number of halogens is 1. The van der Waals surface area contributed by atoms with Crippen LogP contribution in [-0.2, 0) is 6.54 Å². The molecule has 0 aliphatic rings. The van der Waals surface area contributed by atoms with Crippen LogP contribution in [0.5, 0.6) is 0 Å². The second-order valence-electron chi connectivity index (χ2n) is 4.78. The van der Waals surface area contributed by atoms with Crippen LogP contribution in [0.15, 0.2) is 18.2 Å². The lowest BCUT2D eigenvalue weighted by molar-refractivity contribution is 0.769. The molecule has 0 aliphatic heterocycles. The molecular formula is C15H17ClN2. The molecule has 94 valence electrons. The van der Waals surface area contributed by atoms with Gasteiger partial charge < -0.3 is 4.57 Å². The van der Waals surface area contributed by atoms with Crippen molar-refractivity contribution in [2.45, 2.75) is 38.6 Å². The molecule has 1 atom stereocenters. The number of alkyl halides is 1. The minimum Gasteiger partial charge on any atom is -0.315 e. The Morgan fingerprint density at radius 3 is 2.67 bits per heavy atom. The number of nitrogens with zero attached hydrogens (tertiary/aromatic N) is 2. The summed E-state index contributed by atoms with van der Waals surface area (Å²) < 4.78 is 2.01. The Hall–Kier alpha value is -1.46. The number of terminal acetylenes is 1. The second-order valence-corrected chi connectivity index (χ2v) is 5.43. The van der Waals surface area contributed by atoms with E-state index in [0.717, 1.165) is 16.9 Å². The van der Waals surface area contributed by atoms with Crippen LogP contribution in [0.4, 0.5) is 0 Å². The summed E-state index contributed by atoms with van der Waals surface area (Å²) in [6.45, 7) is 6.76. The Kier molecular flexibility index (Phi) is 3.63. The molecule has 0 N–H and O–H groups in total. The highest BCUT2D eigenvalue weighted by atomic mass is 35.5. The van der Waals surface area contributed by atoms with Crippen molar-refractivity contribution in [1.82, 2.24) is 9.55 Å². The van der Waals surface area contributed by atoms with Gasteiger partial charge in [-0.05, 0) is 30.5 Å². The lowest BCUT2D eigenvalue weighted by Gasteiger charge is -2.07. The molecule has 0 radical (unpaired) electrons. The Labute approximate surface area is 113 Å². The Morgan fingerprint density at radius 2 is 2.11 bits per heavy atom. The zero-order valence-corrected chi connectivity index (χ0v) is 11.7. The second kappa shape index (κ2) is 5.04. The van der Waals surface area contributed by atoms with E-state index >= 15 is 0 Å². The fraction of sp³-hybridized carbons (Fsp3) is 0.400. The van der Waals surface area contributed by atoms with E-state index in [1.54, 1.807) is 0 Å². The SMILES string of the molecule is C#CCn1c(C(C)Cl)nc2cc(C(C)C)ccc21. The van der Waals surface area contributed by atoms with Crippen molar-refractivity contribution in [3.8, 4) is 12.3 Å². The van der Waals surface area contributed by atoms with Gasteiger partial charge in [0.2, 0.25) is 0 Å². The zero-order chi connectivity index (χ0) is 13.3. The maximum Gasteiger partial charge on any atom is 0.128 e. The van der Waals surface area contributed by atoms with Gasteiger partial charge in [0.05, 0.1) is 23.0 Å². The van der Waals surface area contributed by atoms with Crippen LogP contribution in [0.1, 0.15) is 43.5 Å². The maximum atomic E-state index is 6.17. The standard InChI is InChI=1S/C15H17ClN2/c1-5-8-18-14-7-6-12(10(2)3)9-13(14)17-15(18)11(4)16/h1,6-7,9-11H,8H2,2-4H3. The van der Waals surface area contributed by atoms with E-state index in [4.69, 9.17) is 18.0 Å². The molecular weight excluding hydrogens is 244 g/mol. The van der Waals surface area contributed by atoms with Crippen LogP contribution in [0, 0.1) is 12.3 Å².